The molecule has 84 valence electrons. The number of pyridine rings is 1. The monoisotopic (exact) mass is 236 g/mol. The van der Waals surface area contributed by atoms with Crippen LogP contribution in [0.5, 0.6) is 0 Å². The molecule has 0 saturated carbocycles. The van der Waals surface area contributed by atoms with Crippen LogP contribution in [-0.2, 0) is 0 Å². The van der Waals surface area contributed by atoms with Crippen molar-refractivity contribution in [2.24, 2.45) is 0 Å². The third-order valence-corrected chi connectivity index (χ3v) is 3.80. The van der Waals surface area contributed by atoms with E-state index in [1.165, 1.54) is 4.70 Å². The topological polar surface area (TPSA) is 56.6 Å². The molecular weight excluding hydrogens is 224 g/mol. The fourth-order valence-electron chi connectivity index (χ4n) is 2.07. The molecule has 2 N–H and O–H groups in total. The van der Waals surface area contributed by atoms with Crippen molar-refractivity contribution in [3.63, 3.8) is 0 Å². The third kappa shape index (κ3) is 1.48. The lowest BCUT2D eigenvalue weighted by atomic mass is 10.3. The minimum absolute atomic E-state index is 0.448. The largest absolute Gasteiger partial charge is 0.389 e. The summed E-state index contributed by atoms with van der Waals surface area (Å²) in [6.45, 7) is 0.895. The number of fused-ring (bicyclic) bond motifs is 1. The van der Waals surface area contributed by atoms with Crippen molar-refractivity contribution in [3.05, 3.63) is 23.7 Å². The molecule has 0 spiro atoms. The van der Waals surface area contributed by atoms with Crippen molar-refractivity contribution < 1.29 is 10.2 Å². The number of nitrogens with zero attached hydrogens (tertiary/aromatic N) is 2. The van der Waals surface area contributed by atoms with Gasteiger partial charge in [-0.1, -0.05) is 0 Å². The van der Waals surface area contributed by atoms with E-state index in [9.17, 15) is 10.2 Å². The van der Waals surface area contributed by atoms with Gasteiger partial charge in [0.2, 0.25) is 0 Å². The van der Waals surface area contributed by atoms with Crippen molar-refractivity contribution in [2.45, 2.75) is 12.2 Å². The summed E-state index contributed by atoms with van der Waals surface area (Å²) >= 11 is 1.67. The van der Waals surface area contributed by atoms with Crippen LogP contribution in [0.15, 0.2) is 23.7 Å². The normalized spacial score (nSPS) is 25.5. The first-order valence-electron chi connectivity index (χ1n) is 5.19. The molecule has 1 saturated heterocycles. The highest BCUT2D eigenvalue weighted by Crippen LogP contribution is 2.30. The standard InChI is InChI=1S/C11H12N2O2S/c14-8-5-13(6-9(8)15)11-7-2-4-16-10(7)1-3-12-11/h1-4,8-9,14-15H,5-6H2. The molecule has 0 aliphatic carbocycles. The van der Waals surface area contributed by atoms with Gasteiger partial charge in [0.05, 0.1) is 12.2 Å². The molecule has 2 atom stereocenters. The molecule has 2 aromatic heterocycles. The molecular formula is C11H12N2O2S. The fourth-order valence-corrected chi connectivity index (χ4v) is 2.85. The highest BCUT2D eigenvalue weighted by Gasteiger charge is 2.31. The fraction of sp³-hybridized carbons (Fsp3) is 0.364. The second-order valence-electron chi connectivity index (χ2n) is 4.01. The average molecular weight is 236 g/mol. The van der Waals surface area contributed by atoms with Crippen LogP contribution in [-0.4, -0.2) is 40.5 Å². The van der Waals surface area contributed by atoms with Crippen LogP contribution in [0.3, 0.4) is 0 Å². The number of hydrogen-bond donors (Lipinski definition) is 2. The van der Waals surface area contributed by atoms with Crippen LogP contribution in [0.2, 0.25) is 0 Å². The summed E-state index contributed by atoms with van der Waals surface area (Å²) in [6.07, 6.45) is 0.428. The summed E-state index contributed by atoms with van der Waals surface area (Å²) in [4.78, 5) is 6.28. The predicted molar refractivity (Wildman–Crippen MR) is 63.8 cm³/mol. The Hall–Kier alpha value is -1.17. The second-order valence-corrected chi connectivity index (χ2v) is 4.95. The Labute approximate surface area is 96.8 Å². The smallest absolute Gasteiger partial charge is 0.137 e. The van der Waals surface area contributed by atoms with Crippen LogP contribution in [0.1, 0.15) is 0 Å². The van der Waals surface area contributed by atoms with Crippen LogP contribution in [0.4, 0.5) is 5.82 Å². The quantitative estimate of drug-likeness (QED) is 0.770. The number of thiophene rings is 1. The van der Waals surface area contributed by atoms with E-state index in [2.05, 4.69) is 4.98 Å². The van der Waals surface area contributed by atoms with Gasteiger partial charge in [-0.3, -0.25) is 0 Å². The molecule has 16 heavy (non-hydrogen) atoms. The first kappa shape index (κ1) is 10.0. The Morgan fingerprint density at radius 2 is 2.00 bits per heavy atom. The van der Waals surface area contributed by atoms with Crippen LogP contribution >= 0.6 is 11.3 Å². The van der Waals surface area contributed by atoms with E-state index in [0.29, 0.717) is 13.1 Å². The van der Waals surface area contributed by atoms with E-state index in [-0.39, 0.29) is 0 Å². The van der Waals surface area contributed by atoms with Gasteiger partial charge in [-0.05, 0) is 17.5 Å². The zero-order valence-electron chi connectivity index (χ0n) is 8.58. The molecule has 2 unspecified atom stereocenters. The molecule has 4 nitrogen and oxygen atoms in total. The number of hydrogen-bond acceptors (Lipinski definition) is 5. The first-order chi connectivity index (χ1) is 7.75. The van der Waals surface area contributed by atoms with E-state index < -0.39 is 12.2 Å². The Kier molecular flexibility index (Phi) is 2.31. The maximum atomic E-state index is 9.54. The van der Waals surface area contributed by atoms with Gasteiger partial charge < -0.3 is 15.1 Å². The van der Waals surface area contributed by atoms with Crippen molar-refractivity contribution in [2.75, 3.05) is 18.0 Å². The molecule has 1 aliphatic heterocycles. The first-order valence-corrected chi connectivity index (χ1v) is 6.07. The maximum absolute atomic E-state index is 9.54. The summed E-state index contributed by atoms with van der Waals surface area (Å²) in [7, 11) is 0. The van der Waals surface area contributed by atoms with Crippen LogP contribution < -0.4 is 4.90 Å². The highest BCUT2D eigenvalue weighted by atomic mass is 32.1. The maximum Gasteiger partial charge on any atom is 0.137 e. The molecule has 1 fully saturated rings. The summed E-state index contributed by atoms with van der Waals surface area (Å²) in [5.41, 5.74) is 0. The predicted octanol–water partition coefficient (Wildman–Crippen LogP) is 0.838. The Bertz CT molecular complexity index is 503. The summed E-state index contributed by atoms with van der Waals surface area (Å²) in [6, 6.07) is 4.01. The molecule has 0 radical (unpaired) electrons. The molecule has 3 heterocycles. The second kappa shape index (κ2) is 3.69. The average Bonchev–Trinajstić information content (AvgIpc) is 2.85. The van der Waals surface area contributed by atoms with Crippen LogP contribution in [0.25, 0.3) is 10.1 Å². The van der Waals surface area contributed by atoms with E-state index in [1.807, 2.05) is 22.4 Å². The number of rotatable bonds is 1. The lowest BCUT2D eigenvalue weighted by Crippen LogP contribution is -2.22. The van der Waals surface area contributed by atoms with E-state index in [0.717, 1.165) is 11.2 Å². The van der Waals surface area contributed by atoms with Crippen molar-refractivity contribution >= 4 is 27.2 Å². The van der Waals surface area contributed by atoms with Gasteiger partial charge in [0.1, 0.15) is 5.82 Å². The van der Waals surface area contributed by atoms with Gasteiger partial charge in [0, 0.05) is 29.4 Å². The minimum Gasteiger partial charge on any atom is -0.389 e. The lowest BCUT2D eigenvalue weighted by Gasteiger charge is -2.17. The van der Waals surface area contributed by atoms with Gasteiger partial charge in [0.15, 0.2) is 0 Å². The Morgan fingerprint density at radius 3 is 2.75 bits per heavy atom. The van der Waals surface area contributed by atoms with Gasteiger partial charge >= 0.3 is 0 Å². The summed E-state index contributed by atoms with van der Waals surface area (Å²) in [5.74, 6) is 0.856. The molecule has 0 amide bonds. The number of aliphatic hydroxyl groups excluding tert-OH is 2. The molecule has 2 aromatic rings. The number of β-amino-alcohol motifs (C(OH)–C–C–N with tert-alkyl or cyclic N) is 2. The van der Waals surface area contributed by atoms with E-state index in [4.69, 9.17) is 0 Å². The van der Waals surface area contributed by atoms with Gasteiger partial charge in [-0.2, -0.15) is 0 Å². The SMILES string of the molecule is OC1CN(c2nccc3sccc23)CC1O. The number of anilines is 1. The Balaban J connectivity index is 2.03. The zero-order valence-corrected chi connectivity index (χ0v) is 9.39. The van der Waals surface area contributed by atoms with Gasteiger partial charge in [-0.15, -0.1) is 11.3 Å². The molecule has 1 aliphatic rings. The highest BCUT2D eigenvalue weighted by molar-refractivity contribution is 7.17. The van der Waals surface area contributed by atoms with Gasteiger partial charge in [0.25, 0.3) is 0 Å². The van der Waals surface area contributed by atoms with Crippen molar-refractivity contribution in [1.29, 1.82) is 0 Å². The van der Waals surface area contributed by atoms with Crippen molar-refractivity contribution in [1.82, 2.24) is 4.98 Å². The molecule has 5 heteroatoms. The summed E-state index contributed by atoms with van der Waals surface area (Å²) < 4.78 is 1.18. The van der Waals surface area contributed by atoms with Gasteiger partial charge in [-0.25, -0.2) is 4.98 Å². The Morgan fingerprint density at radius 1 is 1.25 bits per heavy atom. The number of aromatic nitrogens is 1. The van der Waals surface area contributed by atoms with E-state index in [1.54, 1.807) is 17.5 Å². The molecule has 0 aromatic carbocycles. The number of aliphatic hydroxyl groups is 2. The zero-order chi connectivity index (χ0) is 11.1. The molecule has 3 rings (SSSR count). The van der Waals surface area contributed by atoms with Crippen molar-refractivity contribution in [3.8, 4) is 0 Å². The van der Waals surface area contributed by atoms with Crippen LogP contribution in [0, 0.1) is 0 Å². The van der Waals surface area contributed by atoms with E-state index >= 15 is 0 Å². The molecule has 0 bridgehead atoms. The third-order valence-electron chi connectivity index (χ3n) is 2.92. The minimum atomic E-state index is -0.671. The lowest BCUT2D eigenvalue weighted by molar-refractivity contribution is 0.0572. The summed E-state index contributed by atoms with van der Waals surface area (Å²) in [5, 5.41) is 22.2.